The lowest BCUT2D eigenvalue weighted by Gasteiger charge is -2.11. The van der Waals surface area contributed by atoms with Crippen molar-refractivity contribution in [1.29, 1.82) is 0 Å². The molecule has 2 aromatic carbocycles. The van der Waals surface area contributed by atoms with E-state index < -0.39 is 0 Å². The van der Waals surface area contributed by atoms with Crippen LogP contribution in [0.5, 0.6) is 5.75 Å². The molecule has 0 saturated heterocycles. The summed E-state index contributed by atoms with van der Waals surface area (Å²) in [6, 6.07) is 13.6. The second-order valence-corrected chi connectivity index (χ2v) is 4.76. The summed E-state index contributed by atoms with van der Waals surface area (Å²) in [6.07, 6.45) is 0. The lowest BCUT2D eigenvalue weighted by molar-refractivity contribution is 0.416. The van der Waals surface area contributed by atoms with Crippen molar-refractivity contribution in [2.45, 2.75) is 6.92 Å². The molecule has 5 heteroatoms. The van der Waals surface area contributed by atoms with Crippen LogP contribution < -0.4 is 16.0 Å². The number of nitrogens with two attached hydrogens (primary N) is 1. The van der Waals surface area contributed by atoms with Gasteiger partial charge in [-0.1, -0.05) is 23.8 Å². The van der Waals surface area contributed by atoms with Crippen LogP contribution in [0.15, 0.2) is 42.5 Å². The van der Waals surface area contributed by atoms with Gasteiger partial charge in [0.05, 0.1) is 18.2 Å². The molecule has 0 spiro atoms. The monoisotopic (exact) mass is 280 g/mol. The fraction of sp³-hybridized carbons (Fsp3) is 0.125. The van der Waals surface area contributed by atoms with Crippen LogP contribution in [0, 0.1) is 6.92 Å². The maximum atomic E-state index is 5.59. The molecule has 0 aliphatic heterocycles. The van der Waals surface area contributed by atoms with E-state index in [-0.39, 0.29) is 0 Å². The van der Waals surface area contributed by atoms with Crippen molar-refractivity contribution in [2.24, 2.45) is 5.84 Å². The third-order valence-electron chi connectivity index (χ3n) is 3.34. The number of nitrogens with zero attached hydrogens (tertiary/aromatic N) is 2. The highest BCUT2D eigenvalue weighted by molar-refractivity contribution is 5.90. The number of hydrogen-bond acceptors (Lipinski definition) is 5. The van der Waals surface area contributed by atoms with Crippen LogP contribution in [0.3, 0.4) is 0 Å². The highest BCUT2D eigenvalue weighted by atomic mass is 16.5. The minimum Gasteiger partial charge on any atom is -0.496 e. The molecule has 0 atom stereocenters. The fourth-order valence-corrected chi connectivity index (χ4v) is 2.30. The molecule has 0 fully saturated rings. The van der Waals surface area contributed by atoms with Crippen LogP contribution in [0.1, 0.15) is 5.56 Å². The molecule has 3 N–H and O–H groups in total. The van der Waals surface area contributed by atoms with Gasteiger partial charge in [-0.2, -0.15) is 0 Å². The Morgan fingerprint density at radius 3 is 2.67 bits per heavy atom. The highest BCUT2D eigenvalue weighted by Crippen LogP contribution is 2.31. The van der Waals surface area contributed by atoms with Gasteiger partial charge in [-0.05, 0) is 31.2 Å². The van der Waals surface area contributed by atoms with E-state index >= 15 is 0 Å². The van der Waals surface area contributed by atoms with Gasteiger partial charge in [0, 0.05) is 5.39 Å². The largest absolute Gasteiger partial charge is 0.496 e. The zero-order valence-electron chi connectivity index (χ0n) is 11.9. The number of anilines is 1. The Balaban J connectivity index is 2.28. The lowest BCUT2D eigenvalue weighted by Crippen LogP contribution is -2.10. The molecule has 106 valence electrons. The van der Waals surface area contributed by atoms with Crippen molar-refractivity contribution >= 4 is 16.7 Å². The first-order chi connectivity index (χ1) is 10.2. The maximum Gasteiger partial charge on any atom is 0.165 e. The maximum absolute atomic E-state index is 5.59. The summed E-state index contributed by atoms with van der Waals surface area (Å²) in [4.78, 5) is 9.13. The van der Waals surface area contributed by atoms with Gasteiger partial charge >= 0.3 is 0 Å². The number of nitrogens with one attached hydrogen (secondary N) is 1. The molecule has 0 unspecified atom stereocenters. The van der Waals surface area contributed by atoms with Crippen molar-refractivity contribution in [3.05, 3.63) is 48.0 Å². The van der Waals surface area contributed by atoms with E-state index in [4.69, 9.17) is 10.6 Å². The number of methoxy groups -OCH3 is 1. The van der Waals surface area contributed by atoms with E-state index in [0.29, 0.717) is 11.6 Å². The molecule has 0 aliphatic rings. The van der Waals surface area contributed by atoms with Gasteiger partial charge in [-0.3, -0.25) is 0 Å². The molecule has 1 aromatic heterocycles. The zero-order valence-corrected chi connectivity index (χ0v) is 11.9. The quantitative estimate of drug-likeness (QED) is 0.570. The Kier molecular flexibility index (Phi) is 3.41. The minimum absolute atomic E-state index is 0.585. The van der Waals surface area contributed by atoms with Crippen LogP contribution in [-0.2, 0) is 0 Å². The van der Waals surface area contributed by atoms with Gasteiger partial charge in [0.25, 0.3) is 0 Å². The van der Waals surface area contributed by atoms with Crippen LogP contribution in [0.4, 0.5) is 5.82 Å². The molecule has 0 radical (unpaired) electrons. The first-order valence-corrected chi connectivity index (χ1v) is 6.61. The molecular weight excluding hydrogens is 264 g/mol. The summed E-state index contributed by atoms with van der Waals surface area (Å²) < 4.78 is 5.41. The van der Waals surface area contributed by atoms with Crippen LogP contribution in [-0.4, -0.2) is 17.1 Å². The number of ether oxygens (including phenoxy) is 1. The summed E-state index contributed by atoms with van der Waals surface area (Å²) in [5, 5.41) is 0.885. The van der Waals surface area contributed by atoms with E-state index in [1.165, 1.54) is 0 Å². The average Bonchev–Trinajstić information content (AvgIpc) is 2.53. The Bertz CT molecular complexity index is 801. The van der Waals surface area contributed by atoms with E-state index in [2.05, 4.69) is 15.4 Å². The number of benzene rings is 2. The summed E-state index contributed by atoms with van der Waals surface area (Å²) >= 11 is 0. The molecular formula is C16H16N4O. The smallest absolute Gasteiger partial charge is 0.165 e. The summed E-state index contributed by atoms with van der Waals surface area (Å²) in [7, 11) is 1.64. The minimum atomic E-state index is 0.585. The van der Waals surface area contributed by atoms with Gasteiger partial charge in [0.1, 0.15) is 5.75 Å². The SMILES string of the molecule is COc1ccc(C)cc1-c1nc(NN)c2ccccc2n1. The lowest BCUT2D eigenvalue weighted by atomic mass is 10.1. The highest BCUT2D eigenvalue weighted by Gasteiger charge is 2.12. The van der Waals surface area contributed by atoms with Crippen LogP contribution in [0.25, 0.3) is 22.3 Å². The predicted molar refractivity (Wildman–Crippen MR) is 84.1 cm³/mol. The van der Waals surface area contributed by atoms with E-state index in [1.54, 1.807) is 7.11 Å². The number of hydrogen-bond donors (Lipinski definition) is 2. The number of aryl methyl sites for hydroxylation is 1. The number of nitrogen functional groups attached to an aromatic ring is 1. The third-order valence-corrected chi connectivity index (χ3v) is 3.34. The van der Waals surface area contributed by atoms with Crippen LogP contribution >= 0.6 is 0 Å². The van der Waals surface area contributed by atoms with Crippen molar-refractivity contribution in [1.82, 2.24) is 9.97 Å². The fourth-order valence-electron chi connectivity index (χ4n) is 2.30. The van der Waals surface area contributed by atoms with E-state index in [0.717, 1.165) is 27.8 Å². The molecule has 1 heterocycles. The average molecular weight is 280 g/mol. The Morgan fingerprint density at radius 1 is 1.10 bits per heavy atom. The number of hydrazine groups is 1. The van der Waals surface area contributed by atoms with Crippen molar-refractivity contribution in [3.8, 4) is 17.1 Å². The molecule has 3 aromatic rings. The Hall–Kier alpha value is -2.66. The first kappa shape index (κ1) is 13.3. The van der Waals surface area contributed by atoms with Gasteiger partial charge in [0.2, 0.25) is 0 Å². The topological polar surface area (TPSA) is 73.1 Å². The van der Waals surface area contributed by atoms with Gasteiger partial charge < -0.3 is 10.2 Å². The van der Waals surface area contributed by atoms with E-state index in [9.17, 15) is 0 Å². The zero-order chi connectivity index (χ0) is 14.8. The van der Waals surface area contributed by atoms with Crippen molar-refractivity contribution < 1.29 is 4.74 Å². The van der Waals surface area contributed by atoms with E-state index in [1.807, 2.05) is 49.4 Å². The van der Waals surface area contributed by atoms with Gasteiger partial charge in [0.15, 0.2) is 11.6 Å². The molecule has 0 amide bonds. The second kappa shape index (κ2) is 5.38. The molecule has 5 nitrogen and oxygen atoms in total. The molecule has 21 heavy (non-hydrogen) atoms. The van der Waals surface area contributed by atoms with Crippen molar-refractivity contribution in [2.75, 3.05) is 12.5 Å². The molecule has 0 saturated carbocycles. The summed E-state index contributed by atoms with van der Waals surface area (Å²) in [5.74, 6) is 7.51. The van der Waals surface area contributed by atoms with Crippen LogP contribution in [0.2, 0.25) is 0 Å². The van der Waals surface area contributed by atoms with Crippen molar-refractivity contribution in [3.63, 3.8) is 0 Å². The van der Waals surface area contributed by atoms with Gasteiger partial charge in [-0.15, -0.1) is 0 Å². The first-order valence-electron chi connectivity index (χ1n) is 6.61. The van der Waals surface area contributed by atoms with Gasteiger partial charge in [-0.25, -0.2) is 15.8 Å². The Labute approximate surface area is 122 Å². The summed E-state index contributed by atoms with van der Waals surface area (Å²) in [5.41, 5.74) is 5.44. The number of rotatable bonds is 3. The molecule has 0 aliphatic carbocycles. The molecule has 3 rings (SSSR count). The standard InChI is InChI=1S/C16H16N4O/c1-10-7-8-14(21-2)12(9-10)15-18-13-6-4-3-5-11(13)16(19-15)20-17/h3-9H,17H2,1-2H3,(H,18,19,20). The predicted octanol–water partition coefficient (Wildman–Crippen LogP) is 2.90. The Morgan fingerprint density at radius 2 is 1.90 bits per heavy atom. The second-order valence-electron chi connectivity index (χ2n) is 4.76. The third kappa shape index (κ3) is 2.39. The summed E-state index contributed by atoms with van der Waals surface area (Å²) in [6.45, 7) is 2.02. The molecule has 0 bridgehead atoms. The number of fused-ring (bicyclic) bond motifs is 1. The normalized spacial score (nSPS) is 10.6. The number of aromatic nitrogens is 2. The number of para-hydroxylation sites is 1.